The Labute approximate surface area is 84.6 Å². The highest BCUT2D eigenvalue weighted by molar-refractivity contribution is 6.17. The number of alkyl halides is 1. The Morgan fingerprint density at radius 1 is 1.62 bits per heavy atom. The van der Waals surface area contributed by atoms with Gasteiger partial charge in [0.05, 0.1) is 0 Å². The number of primary amides is 1. The molecular formula is C9H18ClNO2. The summed E-state index contributed by atoms with van der Waals surface area (Å²) in [5.74, 6) is 0.899. The number of carbonyl (C=O) groups is 1. The smallest absolute Gasteiger partial charge is 0.405 e. The van der Waals surface area contributed by atoms with Gasteiger partial charge in [0.25, 0.3) is 0 Å². The molecule has 1 unspecified atom stereocenters. The summed E-state index contributed by atoms with van der Waals surface area (Å²) in [4.78, 5) is 10.6. The van der Waals surface area contributed by atoms with Crippen molar-refractivity contribution < 1.29 is 9.53 Å². The molecule has 2 N–H and O–H groups in total. The molecule has 0 saturated heterocycles. The van der Waals surface area contributed by atoms with Crippen molar-refractivity contribution in [1.29, 1.82) is 0 Å². The number of carbonyl (C=O) groups excluding carboxylic acids is 1. The Balaban J connectivity index is 4.01. The number of amides is 1. The van der Waals surface area contributed by atoms with E-state index >= 15 is 0 Å². The van der Waals surface area contributed by atoms with E-state index in [0.29, 0.717) is 5.88 Å². The first kappa shape index (κ1) is 12.6. The van der Waals surface area contributed by atoms with E-state index in [1.807, 2.05) is 20.8 Å². The minimum Gasteiger partial charge on any atom is -0.443 e. The molecule has 1 amide bonds. The minimum atomic E-state index is -0.720. The fraction of sp³-hybridized carbons (Fsp3) is 0.889. The van der Waals surface area contributed by atoms with Gasteiger partial charge in [-0.2, -0.15) is 0 Å². The topological polar surface area (TPSA) is 52.3 Å². The van der Waals surface area contributed by atoms with Crippen LogP contribution in [0, 0.1) is 5.92 Å². The second kappa shape index (κ2) is 5.32. The fourth-order valence-electron chi connectivity index (χ4n) is 1.09. The minimum absolute atomic E-state index is 0.263. The van der Waals surface area contributed by atoms with Crippen LogP contribution in [0.1, 0.15) is 33.6 Å². The van der Waals surface area contributed by atoms with Crippen molar-refractivity contribution in [2.24, 2.45) is 11.7 Å². The van der Waals surface area contributed by atoms with Gasteiger partial charge in [0, 0.05) is 5.88 Å². The van der Waals surface area contributed by atoms with Crippen LogP contribution in [-0.2, 0) is 4.74 Å². The fourth-order valence-corrected chi connectivity index (χ4v) is 1.25. The molecule has 0 aliphatic rings. The normalized spacial score (nSPS) is 13.8. The maximum absolute atomic E-state index is 10.6. The van der Waals surface area contributed by atoms with Crippen LogP contribution in [-0.4, -0.2) is 17.6 Å². The van der Waals surface area contributed by atoms with Gasteiger partial charge in [-0.3, -0.25) is 0 Å². The lowest BCUT2D eigenvalue weighted by molar-refractivity contribution is 0.00185. The maximum atomic E-state index is 10.6. The number of ether oxygens (including phenoxy) is 1. The molecule has 13 heavy (non-hydrogen) atoms. The first-order valence-electron chi connectivity index (χ1n) is 4.44. The van der Waals surface area contributed by atoms with Gasteiger partial charge in [0.15, 0.2) is 0 Å². The van der Waals surface area contributed by atoms with E-state index in [2.05, 4.69) is 0 Å². The summed E-state index contributed by atoms with van der Waals surface area (Å²) >= 11 is 5.57. The van der Waals surface area contributed by atoms with Gasteiger partial charge in [0.1, 0.15) is 5.60 Å². The van der Waals surface area contributed by atoms with E-state index in [4.69, 9.17) is 22.1 Å². The van der Waals surface area contributed by atoms with Gasteiger partial charge in [-0.15, -0.1) is 11.6 Å². The molecule has 1 atom stereocenters. The highest BCUT2D eigenvalue weighted by Gasteiger charge is 2.28. The SMILES string of the molecule is CC(CCCCl)C(C)(C)OC(N)=O. The molecular weight excluding hydrogens is 190 g/mol. The van der Waals surface area contributed by atoms with E-state index in [9.17, 15) is 4.79 Å². The van der Waals surface area contributed by atoms with Gasteiger partial charge in [-0.05, 0) is 32.6 Å². The van der Waals surface area contributed by atoms with Gasteiger partial charge in [-0.1, -0.05) is 6.92 Å². The summed E-state index contributed by atoms with van der Waals surface area (Å²) in [6.45, 7) is 5.74. The second-order valence-electron chi connectivity index (χ2n) is 3.76. The summed E-state index contributed by atoms with van der Waals surface area (Å²) in [5.41, 5.74) is 4.46. The lowest BCUT2D eigenvalue weighted by Crippen LogP contribution is -2.37. The van der Waals surface area contributed by atoms with Crippen molar-refractivity contribution in [1.82, 2.24) is 0 Å². The zero-order valence-electron chi connectivity index (χ0n) is 8.47. The average Bonchev–Trinajstić information content (AvgIpc) is 1.97. The van der Waals surface area contributed by atoms with Crippen molar-refractivity contribution in [2.75, 3.05) is 5.88 Å². The standard InChI is InChI=1S/C9H18ClNO2/c1-7(5-4-6-10)9(2,3)13-8(11)12/h7H,4-6H2,1-3H3,(H2,11,12). The Morgan fingerprint density at radius 2 is 2.15 bits per heavy atom. The van der Waals surface area contributed by atoms with Crippen molar-refractivity contribution in [3.8, 4) is 0 Å². The number of hydrogen-bond acceptors (Lipinski definition) is 2. The van der Waals surface area contributed by atoms with Gasteiger partial charge < -0.3 is 10.5 Å². The number of nitrogens with two attached hydrogens (primary N) is 1. The predicted molar refractivity (Wildman–Crippen MR) is 53.9 cm³/mol. The van der Waals surface area contributed by atoms with Crippen molar-refractivity contribution in [3.63, 3.8) is 0 Å². The summed E-state index contributed by atoms with van der Waals surface area (Å²) < 4.78 is 4.99. The molecule has 0 heterocycles. The van der Waals surface area contributed by atoms with E-state index < -0.39 is 11.7 Å². The van der Waals surface area contributed by atoms with E-state index in [1.165, 1.54) is 0 Å². The van der Waals surface area contributed by atoms with Crippen LogP contribution >= 0.6 is 11.6 Å². The lowest BCUT2D eigenvalue weighted by atomic mass is 9.89. The first-order chi connectivity index (χ1) is 5.90. The highest BCUT2D eigenvalue weighted by atomic mass is 35.5. The lowest BCUT2D eigenvalue weighted by Gasteiger charge is -2.30. The second-order valence-corrected chi connectivity index (χ2v) is 4.13. The number of halogens is 1. The van der Waals surface area contributed by atoms with Crippen LogP contribution in [0.25, 0.3) is 0 Å². The summed E-state index contributed by atoms with van der Waals surface area (Å²) in [6.07, 6.45) is 1.14. The Kier molecular flexibility index (Phi) is 5.14. The largest absolute Gasteiger partial charge is 0.443 e. The van der Waals surface area contributed by atoms with Crippen LogP contribution in [0.5, 0.6) is 0 Å². The van der Waals surface area contributed by atoms with Crippen LogP contribution in [0.2, 0.25) is 0 Å². The zero-order valence-corrected chi connectivity index (χ0v) is 9.23. The quantitative estimate of drug-likeness (QED) is 0.705. The van der Waals surface area contributed by atoms with Crippen LogP contribution in [0.3, 0.4) is 0 Å². The first-order valence-corrected chi connectivity index (χ1v) is 4.98. The van der Waals surface area contributed by atoms with Gasteiger partial charge in [0.2, 0.25) is 0 Å². The maximum Gasteiger partial charge on any atom is 0.405 e. The molecule has 0 saturated carbocycles. The molecule has 0 aliphatic carbocycles. The molecule has 0 radical (unpaired) electrons. The third-order valence-corrected chi connectivity index (χ3v) is 2.59. The average molecular weight is 208 g/mol. The zero-order chi connectivity index (χ0) is 10.5. The third-order valence-electron chi connectivity index (χ3n) is 2.32. The molecule has 0 aromatic heterocycles. The Hall–Kier alpha value is -0.440. The molecule has 78 valence electrons. The number of hydrogen-bond donors (Lipinski definition) is 1. The summed E-state index contributed by atoms with van der Waals surface area (Å²) in [5, 5.41) is 0. The summed E-state index contributed by atoms with van der Waals surface area (Å²) in [6, 6.07) is 0. The van der Waals surface area contributed by atoms with Crippen LogP contribution < -0.4 is 5.73 Å². The molecule has 0 spiro atoms. The van der Waals surface area contributed by atoms with Crippen molar-refractivity contribution in [3.05, 3.63) is 0 Å². The molecule has 4 heteroatoms. The predicted octanol–water partition coefficient (Wildman–Crippen LogP) is 2.52. The Bertz CT molecular complexity index is 171. The van der Waals surface area contributed by atoms with Gasteiger partial charge >= 0.3 is 6.09 Å². The summed E-state index contributed by atoms with van der Waals surface area (Å²) in [7, 11) is 0. The van der Waals surface area contributed by atoms with E-state index in [0.717, 1.165) is 12.8 Å². The Morgan fingerprint density at radius 3 is 2.54 bits per heavy atom. The monoisotopic (exact) mass is 207 g/mol. The van der Waals surface area contributed by atoms with Crippen molar-refractivity contribution >= 4 is 17.7 Å². The molecule has 0 fully saturated rings. The molecule has 0 rings (SSSR count). The third kappa shape index (κ3) is 4.98. The van der Waals surface area contributed by atoms with Crippen molar-refractivity contribution in [2.45, 2.75) is 39.2 Å². The highest BCUT2D eigenvalue weighted by Crippen LogP contribution is 2.25. The molecule has 0 aromatic rings. The van der Waals surface area contributed by atoms with Crippen LogP contribution in [0.15, 0.2) is 0 Å². The van der Waals surface area contributed by atoms with E-state index in [-0.39, 0.29) is 5.92 Å². The molecule has 0 bridgehead atoms. The molecule has 0 aliphatic heterocycles. The number of rotatable bonds is 5. The molecule has 0 aromatic carbocycles. The molecule has 3 nitrogen and oxygen atoms in total. The van der Waals surface area contributed by atoms with Crippen LogP contribution in [0.4, 0.5) is 4.79 Å². The van der Waals surface area contributed by atoms with Gasteiger partial charge in [-0.25, -0.2) is 4.79 Å². The van der Waals surface area contributed by atoms with E-state index in [1.54, 1.807) is 0 Å².